The molecular weight excluding hydrogens is 628 g/mol. The molecule has 6 heterocycles. The van der Waals surface area contributed by atoms with E-state index < -0.39 is 57.9 Å². The molecule has 4 aliphatic heterocycles. The van der Waals surface area contributed by atoms with Crippen LogP contribution in [0.5, 0.6) is 0 Å². The largest absolute Gasteiger partial charge is 0.363 e. The molecule has 3 aromatic rings. The third-order valence-electron chi connectivity index (χ3n) is 9.69. The Balaban J connectivity index is 1.53. The summed E-state index contributed by atoms with van der Waals surface area (Å²) in [5.74, 6) is -4.82. The molecule has 0 spiro atoms. The van der Waals surface area contributed by atoms with E-state index in [1.165, 1.54) is 24.3 Å². The summed E-state index contributed by atoms with van der Waals surface area (Å²) in [7, 11) is -3.44. The number of amides is 1. The molecule has 8 bridgehead atoms. The summed E-state index contributed by atoms with van der Waals surface area (Å²) >= 11 is 0. The fourth-order valence-corrected chi connectivity index (χ4v) is 8.32. The smallest absolute Gasteiger partial charge is 0.273 e. The van der Waals surface area contributed by atoms with Gasteiger partial charge in [0.1, 0.15) is 33.7 Å². The number of anilines is 1. The Kier molecular flexibility index (Phi) is 7.81. The van der Waals surface area contributed by atoms with Crippen LogP contribution in [-0.4, -0.2) is 71.4 Å². The van der Waals surface area contributed by atoms with Crippen LogP contribution < -0.4 is 16.2 Å². The molecule has 1 aromatic carbocycles. The van der Waals surface area contributed by atoms with Crippen molar-refractivity contribution in [3.05, 3.63) is 63.2 Å². The topological polar surface area (TPSA) is 150 Å². The highest BCUT2D eigenvalue weighted by atomic mass is 32.2. The van der Waals surface area contributed by atoms with E-state index in [0.29, 0.717) is 38.0 Å². The van der Waals surface area contributed by atoms with Gasteiger partial charge in [0.05, 0.1) is 28.4 Å². The van der Waals surface area contributed by atoms with Crippen LogP contribution in [0.25, 0.3) is 11.0 Å². The molecule has 0 unspecified atom stereocenters. The second-order valence-corrected chi connectivity index (χ2v) is 15.3. The lowest BCUT2D eigenvalue weighted by Gasteiger charge is -2.40. The summed E-state index contributed by atoms with van der Waals surface area (Å²) in [6, 6.07) is 8.80. The number of hydrogen-bond acceptors (Lipinski definition) is 9. The van der Waals surface area contributed by atoms with Crippen molar-refractivity contribution in [2.75, 3.05) is 43.0 Å². The molecule has 4 aliphatic rings. The molecule has 0 saturated carbocycles. The third kappa shape index (κ3) is 6.73. The number of aryl methyl sites for hydroxylation is 1. The zero-order valence-electron chi connectivity index (χ0n) is 29.1. The molecule has 1 amide bonds. The van der Waals surface area contributed by atoms with Gasteiger partial charge in [-0.1, -0.05) is 18.2 Å². The SMILES string of the molecule is [2H]C([2H])([2H])c1nc2c3cc(C4(C#N)CCS(=O)(=O)CC4)c(=O)n(c3n1)CC(=O)NCCCN1CC(CCC(F)(F)c3cccc(c3)[C@@H](C)N2)C1. The van der Waals surface area contributed by atoms with Crippen LogP contribution in [-0.2, 0) is 32.5 Å². The van der Waals surface area contributed by atoms with E-state index in [2.05, 4.69) is 31.6 Å². The summed E-state index contributed by atoms with van der Waals surface area (Å²) in [5, 5.41) is 16.4. The zero-order chi connectivity index (χ0) is 36.1. The van der Waals surface area contributed by atoms with Gasteiger partial charge in [0, 0.05) is 47.3 Å². The number of alkyl halides is 2. The van der Waals surface area contributed by atoms with Gasteiger partial charge in [-0.2, -0.15) is 5.26 Å². The second kappa shape index (κ2) is 12.6. The number of rotatable bonds is 1. The van der Waals surface area contributed by atoms with Gasteiger partial charge < -0.3 is 15.5 Å². The number of halogens is 2. The molecule has 1 atom stereocenters. The Morgan fingerprint density at radius 2 is 1.89 bits per heavy atom. The first-order valence-electron chi connectivity index (χ1n) is 17.3. The standard InChI is InChI=1S/C33H39F2N7O4S/c1-21-24-5-3-6-25(15-24)33(34,35)8-7-23-17-41(18-23)12-4-11-37-28(43)19-42-30-26(29(38-21)39-22(2)40-30)16-27(31(42)44)32(20-36)9-13-47(45,46)14-10-32/h3,5-6,15-16,21,23H,4,7-14,17-19H2,1-2H3,(H,37,43)(H,38,39,40)/t21-/m1/s1/i2D3. The minimum atomic E-state index is -3.44. The first-order valence-corrected chi connectivity index (χ1v) is 17.6. The van der Waals surface area contributed by atoms with E-state index in [1.54, 1.807) is 13.0 Å². The Labute approximate surface area is 276 Å². The Hall–Kier alpha value is -3.96. The molecular formula is C33H39F2N7O4S. The molecule has 11 nitrogen and oxygen atoms in total. The number of nitriles is 1. The van der Waals surface area contributed by atoms with Gasteiger partial charge in [0.2, 0.25) is 5.91 Å². The first kappa shape index (κ1) is 29.2. The van der Waals surface area contributed by atoms with E-state index in [4.69, 9.17) is 4.11 Å². The molecule has 7 rings (SSSR count). The lowest BCUT2D eigenvalue weighted by atomic mass is 9.77. The van der Waals surface area contributed by atoms with Gasteiger partial charge in [-0.15, -0.1) is 0 Å². The van der Waals surface area contributed by atoms with Crippen LogP contribution >= 0.6 is 0 Å². The van der Waals surface area contributed by atoms with Crippen molar-refractivity contribution < 1.29 is 26.1 Å². The van der Waals surface area contributed by atoms with E-state index >= 15 is 8.78 Å². The van der Waals surface area contributed by atoms with Crippen LogP contribution in [0.15, 0.2) is 35.1 Å². The van der Waals surface area contributed by atoms with Crippen molar-refractivity contribution in [3.63, 3.8) is 0 Å². The number of aromatic nitrogens is 3. The quantitative estimate of drug-likeness (QED) is 0.396. The number of carbonyl (C=O) groups is 1. The molecule has 250 valence electrons. The maximum atomic E-state index is 15.5. The minimum Gasteiger partial charge on any atom is -0.363 e. The van der Waals surface area contributed by atoms with Crippen molar-refractivity contribution >= 4 is 32.6 Å². The number of sulfone groups is 1. The lowest BCUT2D eigenvalue weighted by Crippen LogP contribution is -2.47. The highest BCUT2D eigenvalue weighted by molar-refractivity contribution is 7.91. The number of carbonyl (C=O) groups excluding carboxylic acids is 1. The van der Waals surface area contributed by atoms with E-state index in [1.807, 2.05) is 0 Å². The van der Waals surface area contributed by atoms with Crippen LogP contribution in [0.1, 0.15) is 71.7 Å². The van der Waals surface area contributed by atoms with Crippen molar-refractivity contribution in [1.29, 1.82) is 5.26 Å². The molecule has 2 saturated heterocycles. The molecule has 47 heavy (non-hydrogen) atoms. The molecule has 14 heteroatoms. The van der Waals surface area contributed by atoms with Crippen molar-refractivity contribution in [2.45, 2.75) is 69.8 Å². The number of hydrogen-bond donors (Lipinski definition) is 2. The van der Waals surface area contributed by atoms with Gasteiger partial charge in [-0.25, -0.2) is 27.2 Å². The van der Waals surface area contributed by atoms with Gasteiger partial charge in [-0.3, -0.25) is 14.2 Å². The average molecular weight is 671 g/mol. The fraction of sp³-hybridized carbons (Fsp3) is 0.545. The molecule has 0 aliphatic carbocycles. The fourth-order valence-electron chi connectivity index (χ4n) is 6.80. The summed E-state index contributed by atoms with van der Waals surface area (Å²) < 4.78 is 80.9. The molecule has 2 aromatic heterocycles. The number of nitrogens with zero attached hydrogens (tertiary/aromatic N) is 5. The van der Waals surface area contributed by atoms with Crippen LogP contribution in [0, 0.1) is 24.1 Å². The number of benzene rings is 1. The molecule has 2 fully saturated rings. The minimum absolute atomic E-state index is 0.0579. The number of pyridine rings is 1. The summed E-state index contributed by atoms with van der Waals surface area (Å²) in [6.45, 7) is 0.569. The van der Waals surface area contributed by atoms with Crippen LogP contribution in [0.4, 0.5) is 14.6 Å². The second-order valence-electron chi connectivity index (χ2n) is 13.0. The highest BCUT2D eigenvalue weighted by Gasteiger charge is 2.42. The number of nitrogens with one attached hydrogen (secondary N) is 2. The lowest BCUT2D eigenvalue weighted by molar-refractivity contribution is -0.121. The van der Waals surface area contributed by atoms with E-state index in [-0.39, 0.29) is 71.2 Å². The maximum absolute atomic E-state index is 15.5. The van der Waals surface area contributed by atoms with E-state index in [9.17, 15) is 23.3 Å². The average Bonchev–Trinajstić information content (AvgIpc) is 3.04. The summed E-state index contributed by atoms with van der Waals surface area (Å²) in [6.07, 6.45) is 0.293. The molecule has 2 N–H and O–H groups in total. The van der Waals surface area contributed by atoms with Crippen molar-refractivity contribution in [2.24, 2.45) is 5.92 Å². The Bertz CT molecular complexity index is 2010. The Morgan fingerprint density at radius 3 is 2.62 bits per heavy atom. The van der Waals surface area contributed by atoms with Gasteiger partial charge in [0.15, 0.2) is 0 Å². The van der Waals surface area contributed by atoms with Crippen molar-refractivity contribution in [1.82, 2.24) is 24.8 Å². The normalized spacial score (nSPS) is 27.0. The van der Waals surface area contributed by atoms with E-state index in [0.717, 1.165) is 4.57 Å². The van der Waals surface area contributed by atoms with Gasteiger partial charge in [0.25, 0.3) is 11.5 Å². The Morgan fingerprint density at radius 1 is 1.13 bits per heavy atom. The predicted octanol–water partition coefficient (Wildman–Crippen LogP) is 3.57. The summed E-state index contributed by atoms with van der Waals surface area (Å²) in [4.78, 5) is 38.3. The van der Waals surface area contributed by atoms with Crippen LogP contribution in [0.2, 0.25) is 0 Å². The molecule has 0 radical (unpaired) electrons. The third-order valence-corrected chi connectivity index (χ3v) is 11.3. The van der Waals surface area contributed by atoms with Gasteiger partial charge in [-0.05, 0) is 69.6 Å². The maximum Gasteiger partial charge on any atom is 0.273 e. The highest BCUT2D eigenvalue weighted by Crippen LogP contribution is 2.39. The summed E-state index contributed by atoms with van der Waals surface area (Å²) in [5.41, 5.74) is -2.23. The van der Waals surface area contributed by atoms with Crippen LogP contribution in [0.3, 0.4) is 0 Å². The first-order chi connectivity index (χ1) is 23.5. The van der Waals surface area contributed by atoms with Crippen molar-refractivity contribution in [3.8, 4) is 6.07 Å². The number of fused-ring (bicyclic) bond motifs is 8. The predicted molar refractivity (Wildman–Crippen MR) is 173 cm³/mol. The van der Waals surface area contributed by atoms with Gasteiger partial charge >= 0.3 is 0 Å². The monoisotopic (exact) mass is 670 g/mol. The zero-order valence-corrected chi connectivity index (χ0v) is 26.9.